The molecule has 10 bridgehead atoms. The van der Waals surface area contributed by atoms with Crippen LogP contribution in [0.2, 0.25) is 0 Å². The van der Waals surface area contributed by atoms with Crippen LogP contribution >= 0.6 is 0 Å². The maximum Gasteiger partial charge on any atom is 0.411 e. The fraction of sp³-hybridized carbons (Fsp3) is 0.769. The van der Waals surface area contributed by atoms with E-state index in [1.165, 1.54) is 40.4 Å². The summed E-state index contributed by atoms with van der Waals surface area (Å²) in [5, 5.41) is 38.1. The van der Waals surface area contributed by atoms with Crippen LogP contribution in [-0.2, 0) is 52.5 Å². The molecule has 504 valence electrons. The fourth-order valence-electron chi connectivity index (χ4n) is 14.8. The van der Waals surface area contributed by atoms with Gasteiger partial charge in [-0.05, 0) is 182 Å². The van der Waals surface area contributed by atoms with Gasteiger partial charge in [0, 0.05) is 66.2 Å². The number of amides is 5. The minimum absolute atomic E-state index is 0.0224. The van der Waals surface area contributed by atoms with E-state index in [9.17, 15) is 73.2 Å². The quantitative estimate of drug-likeness (QED) is 0.149. The van der Waals surface area contributed by atoms with Crippen molar-refractivity contribution < 1.29 is 96.9 Å². The first-order chi connectivity index (χ1) is 41.0. The van der Waals surface area contributed by atoms with Crippen LogP contribution in [0.4, 0.5) is 24.0 Å². The number of aliphatic hydroxyl groups excluding tert-OH is 2. The van der Waals surface area contributed by atoms with Crippen molar-refractivity contribution in [1.29, 1.82) is 0 Å². The van der Waals surface area contributed by atoms with Gasteiger partial charge in [0.1, 0.15) is 58.0 Å². The first kappa shape index (κ1) is 72.4. The fourth-order valence-corrected chi connectivity index (χ4v) is 14.8. The van der Waals surface area contributed by atoms with E-state index in [4.69, 9.17) is 23.7 Å². The van der Waals surface area contributed by atoms with Crippen molar-refractivity contribution in [2.45, 2.75) is 289 Å². The van der Waals surface area contributed by atoms with Crippen LogP contribution < -0.4 is 0 Å². The molecule has 5 aliphatic heterocycles. The van der Waals surface area contributed by atoms with Gasteiger partial charge in [0.2, 0.25) is 0 Å². The maximum absolute atomic E-state index is 12.2. The highest BCUT2D eigenvalue weighted by molar-refractivity contribution is 5.97. The summed E-state index contributed by atoms with van der Waals surface area (Å²) >= 11 is 0. The van der Waals surface area contributed by atoms with Crippen molar-refractivity contribution in [2.24, 2.45) is 29.6 Å². The van der Waals surface area contributed by atoms with Gasteiger partial charge in [-0.15, -0.1) is 0 Å². The van der Waals surface area contributed by atoms with Crippen LogP contribution in [0, 0.1) is 29.6 Å². The number of ether oxygens (including phenoxy) is 5. The molecule has 0 unspecified atom stereocenters. The second-order valence-corrected chi connectivity index (χ2v) is 30.8. The molecular formula is C65H99N5O20. The zero-order valence-corrected chi connectivity index (χ0v) is 55.9. The average molecular weight is 1270 g/mol. The van der Waals surface area contributed by atoms with Crippen LogP contribution in [0.25, 0.3) is 0 Å². The molecule has 10 rings (SSSR count). The van der Waals surface area contributed by atoms with Gasteiger partial charge >= 0.3 is 42.4 Å². The number of aliphatic carboxylic acids is 2. The Balaban J connectivity index is 0.000000179. The molecule has 5 saturated heterocycles. The summed E-state index contributed by atoms with van der Waals surface area (Å²) < 4.78 is 26.6. The van der Waals surface area contributed by atoms with Gasteiger partial charge in [0.15, 0.2) is 17.3 Å². The van der Waals surface area contributed by atoms with Gasteiger partial charge in [0.05, 0.1) is 18.2 Å². The van der Waals surface area contributed by atoms with Gasteiger partial charge in [-0.2, -0.15) is 0 Å². The number of Topliss-reactive ketones (excluding diaryl/α,β-unsaturated/α-hetero) is 4. The molecule has 10 fully saturated rings. The van der Waals surface area contributed by atoms with E-state index in [1.807, 2.05) is 20.8 Å². The molecule has 5 saturated carbocycles. The predicted molar refractivity (Wildman–Crippen MR) is 324 cm³/mol. The molecule has 90 heavy (non-hydrogen) atoms. The second-order valence-electron chi connectivity index (χ2n) is 30.8. The predicted octanol–water partition coefficient (Wildman–Crippen LogP) is 8.26. The van der Waals surface area contributed by atoms with Crippen molar-refractivity contribution in [1.82, 2.24) is 24.5 Å². The number of nitrogens with zero attached hydrogens (tertiary/aromatic N) is 5. The van der Waals surface area contributed by atoms with Crippen molar-refractivity contribution in [3.05, 3.63) is 24.3 Å². The molecule has 5 amide bonds. The number of hydrogen-bond donors (Lipinski definition) is 4. The molecule has 0 aromatic carbocycles. The Kier molecular flexibility index (Phi) is 21.4. The van der Waals surface area contributed by atoms with Crippen LogP contribution in [0.3, 0.4) is 0 Å². The highest BCUT2D eigenvalue weighted by atomic mass is 16.6. The van der Waals surface area contributed by atoms with Crippen LogP contribution in [-0.4, -0.2) is 211 Å². The Hall–Kier alpha value is -6.63. The van der Waals surface area contributed by atoms with Crippen LogP contribution in [0.5, 0.6) is 0 Å². The van der Waals surface area contributed by atoms with Crippen molar-refractivity contribution >= 4 is 65.5 Å². The van der Waals surface area contributed by atoms with Crippen molar-refractivity contribution in [3.63, 3.8) is 0 Å². The Bertz CT molecular complexity index is 2600. The summed E-state index contributed by atoms with van der Waals surface area (Å²) in [6.07, 6.45) is 2.67. The Morgan fingerprint density at radius 2 is 0.622 bits per heavy atom. The zero-order chi connectivity index (χ0) is 68.3. The van der Waals surface area contributed by atoms with Crippen LogP contribution in [0.1, 0.15) is 189 Å². The third-order valence-corrected chi connectivity index (χ3v) is 17.8. The number of likely N-dealkylation sites (tertiary alicyclic amines) is 5. The second kappa shape index (κ2) is 26.5. The lowest BCUT2D eigenvalue weighted by Gasteiger charge is -2.36. The van der Waals surface area contributed by atoms with E-state index in [1.54, 1.807) is 88.0 Å². The largest absolute Gasteiger partial charge is 0.480 e. The third kappa shape index (κ3) is 16.5. The summed E-state index contributed by atoms with van der Waals surface area (Å²) in [6, 6.07) is -3.71. The molecule has 25 nitrogen and oxygen atoms in total. The molecule has 5 heterocycles. The smallest absolute Gasteiger partial charge is 0.411 e. The summed E-state index contributed by atoms with van der Waals surface area (Å²) in [5.74, 6) is -2.97. The molecule has 0 aromatic rings. The van der Waals surface area contributed by atoms with E-state index in [2.05, 4.69) is 13.2 Å². The number of carboxylic acid groups (broad SMARTS) is 2. The number of aliphatic hydroxyl groups is 2. The summed E-state index contributed by atoms with van der Waals surface area (Å²) in [7, 11) is 0. The Morgan fingerprint density at radius 3 is 0.933 bits per heavy atom. The minimum atomic E-state index is -1.08. The number of piperidine rings is 5. The lowest BCUT2D eigenvalue weighted by molar-refractivity contribution is -0.147. The number of ketones is 4. The summed E-state index contributed by atoms with van der Waals surface area (Å²) in [4.78, 5) is 137. The molecule has 0 radical (unpaired) electrons. The number of fused-ring (bicyclic) bond motifs is 10. The number of carboxylic acids is 2. The normalized spacial score (nSPS) is 32.4. The number of carbonyl (C=O) groups is 11. The number of carbonyl (C=O) groups excluding carboxylic acids is 9. The molecule has 4 N–H and O–H groups in total. The number of hydrogen-bond acceptors (Lipinski definition) is 18. The standard InChI is InChI=1S/C14H21NO3.C13H21NO4.2C13H19NO4.C12H19NO5/c1-8-6-10-7-11(8)12(9(2)16)15(10)13(17)18-14(3,4)5;2*1-7(15)11-9-5-8(6-10(9)16)14(11)12(17)18-13(2,3)4;1-7-5-8-6-9(7)10(11(15)16)14(8)12(17)18-13(2,3)4;1-12(2,3)18-11(17)13-6-4-7(8(14)5-6)9(13)10(15)16/h10-12H,1,6-7H2,2-5H3;8-11,16H,5-6H2,1-4H3;8-9,11H,5-6H2,1-4H3;8-10H,1,5-6H2,2-4H3,(H,15,16);6-9,14H,4-5H2,1-3H3,(H,15,16)/t10-,11-,12-;8-,9+,10+,11+;8-,9+,11+;8-,9-,10+;6-,7+,8+,9-/m10010/s1. The van der Waals surface area contributed by atoms with Gasteiger partial charge in [0.25, 0.3) is 0 Å². The number of rotatable bonds is 5. The summed E-state index contributed by atoms with van der Waals surface area (Å²) in [5.41, 5.74) is -0.924. The monoisotopic (exact) mass is 1270 g/mol. The van der Waals surface area contributed by atoms with Gasteiger partial charge in [-0.3, -0.25) is 43.7 Å². The molecule has 10 aliphatic rings. The van der Waals surface area contributed by atoms with Crippen molar-refractivity contribution in [3.8, 4) is 0 Å². The molecule has 0 aromatic heterocycles. The van der Waals surface area contributed by atoms with Gasteiger partial charge < -0.3 is 44.1 Å². The molecule has 25 heteroatoms. The van der Waals surface area contributed by atoms with E-state index >= 15 is 0 Å². The van der Waals surface area contributed by atoms with Gasteiger partial charge in [-0.1, -0.05) is 24.3 Å². The van der Waals surface area contributed by atoms with Crippen molar-refractivity contribution in [2.75, 3.05) is 0 Å². The Morgan fingerprint density at radius 1 is 0.367 bits per heavy atom. The molecule has 0 spiro atoms. The van der Waals surface area contributed by atoms with Gasteiger partial charge in [-0.25, -0.2) is 33.6 Å². The highest BCUT2D eigenvalue weighted by Crippen LogP contribution is 2.49. The first-order valence-electron chi connectivity index (χ1n) is 31.3. The summed E-state index contributed by atoms with van der Waals surface area (Å²) in [6.45, 7) is 39.1. The minimum Gasteiger partial charge on any atom is -0.480 e. The first-order valence-corrected chi connectivity index (χ1v) is 31.3. The zero-order valence-electron chi connectivity index (χ0n) is 55.9. The maximum atomic E-state index is 12.2. The molecular weight excluding hydrogens is 1170 g/mol. The average Bonchev–Trinajstić information content (AvgIpc) is 1.65. The topological polar surface area (TPSA) is 331 Å². The van der Waals surface area contributed by atoms with E-state index in [-0.39, 0.29) is 95.1 Å². The molecule has 5 aliphatic carbocycles. The third-order valence-electron chi connectivity index (χ3n) is 17.8. The highest BCUT2D eigenvalue weighted by Gasteiger charge is 2.60. The SMILES string of the molecule is C=C1C[C@@H]2C[C@H]1[C@@H](C(=O)O)N2C(=O)OC(C)(C)C.C=C1C[C@@H]2C[C@H]1[C@@H](C(C)=O)N2C(=O)OC(C)(C)C.CC(=O)[C@@H]1[C@@H]2C[C@@H](CC2=O)N1C(=O)OC(C)(C)C.CC(=O)[C@@H]1[C@@H]2C[C@@H](C[C@H]2O)N1C(=O)OC(C)(C)C.CC(C)(C)OC(=O)N1[C@H]2C[C@H]([C@H](O)C2)[C@H]1C(=O)O. The lowest BCUT2D eigenvalue weighted by Crippen LogP contribution is -2.53. The van der Waals surface area contributed by atoms with E-state index in [0.717, 1.165) is 24.0 Å². The lowest BCUT2D eigenvalue weighted by atomic mass is 9.92. The van der Waals surface area contributed by atoms with E-state index < -0.39 is 101 Å². The van der Waals surface area contributed by atoms with E-state index in [0.29, 0.717) is 51.4 Å². The molecule has 17 atom stereocenters. The Labute approximate surface area is 528 Å². The van der Waals surface area contributed by atoms with Crippen LogP contribution in [0.15, 0.2) is 24.3 Å².